The average Bonchev–Trinajstić information content (AvgIpc) is 2.49. The molecule has 0 amide bonds. The Morgan fingerprint density at radius 1 is 1.07 bits per heavy atom. The number of hydrogen-bond donors (Lipinski definition) is 0. The van der Waals surface area contributed by atoms with Crippen LogP contribution in [0.1, 0.15) is 46.5 Å². The Labute approximate surface area is 87.6 Å². The lowest BCUT2D eigenvalue weighted by molar-refractivity contribution is -0.0428. The van der Waals surface area contributed by atoms with E-state index in [0.717, 1.165) is 13.2 Å². The van der Waals surface area contributed by atoms with Crippen molar-refractivity contribution < 1.29 is 4.74 Å². The van der Waals surface area contributed by atoms with Crippen LogP contribution >= 0.6 is 0 Å². The zero-order valence-electron chi connectivity index (χ0n) is 9.81. The van der Waals surface area contributed by atoms with Gasteiger partial charge in [0.25, 0.3) is 0 Å². The summed E-state index contributed by atoms with van der Waals surface area (Å²) in [7, 11) is 0. The Hall–Kier alpha value is -0.0800. The molecule has 0 aromatic heterocycles. The topological polar surface area (TPSA) is 12.5 Å². The van der Waals surface area contributed by atoms with Crippen LogP contribution in [0.15, 0.2) is 0 Å². The molecule has 0 atom stereocenters. The second-order valence-electron chi connectivity index (χ2n) is 5.76. The molecule has 0 aromatic rings. The van der Waals surface area contributed by atoms with Gasteiger partial charge < -0.3 is 4.74 Å². The first-order valence-electron chi connectivity index (χ1n) is 5.90. The van der Waals surface area contributed by atoms with Crippen molar-refractivity contribution in [2.75, 3.05) is 19.8 Å². The molecular weight excluding hydrogens is 174 g/mol. The third-order valence-corrected chi connectivity index (χ3v) is 3.83. The van der Waals surface area contributed by atoms with Crippen molar-refractivity contribution in [2.24, 2.45) is 0 Å². The lowest BCUT2D eigenvalue weighted by atomic mass is 9.84. The fourth-order valence-electron chi connectivity index (χ4n) is 3.26. The first kappa shape index (κ1) is 10.4. The van der Waals surface area contributed by atoms with E-state index in [4.69, 9.17) is 4.74 Å². The largest absolute Gasteiger partial charge is 0.381 e. The van der Waals surface area contributed by atoms with Crippen molar-refractivity contribution >= 4 is 0 Å². The average molecular weight is 197 g/mol. The third-order valence-electron chi connectivity index (χ3n) is 3.83. The van der Waals surface area contributed by atoms with Crippen LogP contribution in [0.5, 0.6) is 0 Å². The van der Waals surface area contributed by atoms with Gasteiger partial charge in [0.15, 0.2) is 0 Å². The monoisotopic (exact) mass is 197 g/mol. The molecule has 2 fully saturated rings. The first-order chi connectivity index (χ1) is 6.55. The summed E-state index contributed by atoms with van der Waals surface area (Å²) in [5, 5.41) is 0. The Kier molecular flexibility index (Phi) is 2.61. The predicted molar refractivity (Wildman–Crippen MR) is 58.5 cm³/mol. The predicted octanol–water partition coefficient (Wildman–Crippen LogP) is 2.43. The summed E-state index contributed by atoms with van der Waals surface area (Å²) in [6.45, 7) is 10.2. The van der Waals surface area contributed by atoms with E-state index in [1.807, 2.05) is 0 Å². The van der Waals surface area contributed by atoms with Crippen molar-refractivity contribution in [2.45, 2.75) is 57.5 Å². The SMILES string of the molecule is CC(C)(C)N1CCCC12CCOCC2. The molecule has 0 bridgehead atoms. The Morgan fingerprint density at radius 3 is 2.29 bits per heavy atom. The van der Waals surface area contributed by atoms with Gasteiger partial charge in [-0.3, -0.25) is 4.90 Å². The summed E-state index contributed by atoms with van der Waals surface area (Å²) in [5.41, 5.74) is 0.810. The van der Waals surface area contributed by atoms with Gasteiger partial charge in [0.05, 0.1) is 0 Å². The van der Waals surface area contributed by atoms with Gasteiger partial charge in [-0.25, -0.2) is 0 Å². The molecule has 0 unspecified atom stereocenters. The van der Waals surface area contributed by atoms with E-state index in [-0.39, 0.29) is 0 Å². The Bertz CT molecular complexity index is 201. The molecule has 2 heteroatoms. The second kappa shape index (κ2) is 3.49. The van der Waals surface area contributed by atoms with Crippen LogP contribution in [0.2, 0.25) is 0 Å². The van der Waals surface area contributed by atoms with Crippen LogP contribution < -0.4 is 0 Å². The van der Waals surface area contributed by atoms with Crippen molar-refractivity contribution in [1.82, 2.24) is 4.90 Å². The van der Waals surface area contributed by atoms with Crippen LogP contribution in [0.25, 0.3) is 0 Å². The van der Waals surface area contributed by atoms with Crippen molar-refractivity contribution in [1.29, 1.82) is 0 Å². The summed E-state index contributed by atoms with van der Waals surface area (Å²) in [6.07, 6.45) is 5.24. The van der Waals surface area contributed by atoms with Gasteiger partial charge in [-0.15, -0.1) is 0 Å². The molecule has 82 valence electrons. The van der Waals surface area contributed by atoms with E-state index < -0.39 is 0 Å². The Balaban J connectivity index is 2.16. The van der Waals surface area contributed by atoms with E-state index in [0.29, 0.717) is 11.1 Å². The highest BCUT2D eigenvalue weighted by Gasteiger charge is 2.46. The smallest absolute Gasteiger partial charge is 0.0483 e. The molecule has 2 saturated heterocycles. The summed E-state index contributed by atoms with van der Waals surface area (Å²) < 4.78 is 5.49. The van der Waals surface area contributed by atoms with E-state index in [9.17, 15) is 0 Å². The third kappa shape index (κ3) is 1.70. The lowest BCUT2D eigenvalue weighted by Crippen LogP contribution is -2.55. The first-order valence-corrected chi connectivity index (χ1v) is 5.90. The lowest BCUT2D eigenvalue weighted by Gasteiger charge is -2.48. The summed E-state index contributed by atoms with van der Waals surface area (Å²) in [4.78, 5) is 2.72. The number of likely N-dealkylation sites (tertiary alicyclic amines) is 1. The van der Waals surface area contributed by atoms with E-state index in [2.05, 4.69) is 25.7 Å². The standard InChI is InChI=1S/C12H23NO/c1-11(2,3)13-8-4-5-12(13)6-9-14-10-7-12/h4-10H2,1-3H3. The molecule has 2 rings (SSSR count). The Morgan fingerprint density at radius 2 is 1.71 bits per heavy atom. The van der Waals surface area contributed by atoms with Gasteiger partial charge in [-0.1, -0.05) is 0 Å². The maximum atomic E-state index is 5.49. The van der Waals surface area contributed by atoms with Crippen molar-refractivity contribution in [3.05, 3.63) is 0 Å². The van der Waals surface area contributed by atoms with Crippen LogP contribution in [-0.4, -0.2) is 35.7 Å². The molecule has 2 aliphatic heterocycles. The zero-order chi connectivity index (χ0) is 10.2. The molecule has 2 heterocycles. The molecule has 0 saturated carbocycles. The van der Waals surface area contributed by atoms with Gasteiger partial charge in [0.2, 0.25) is 0 Å². The summed E-state index contributed by atoms with van der Waals surface area (Å²) in [6, 6.07) is 0. The minimum Gasteiger partial charge on any atom is -0.381 e. The molecule has 2 aliphatic rings. The maximum Gasteiger partial charge on any atom is 0.0483 e. The van der Waals surface area contributed by atoms with E-state index in [1.165, 1.54) is 32.2 Å². The van der Waals surface area contributed by atoms with Crippen molar-refractivity contribution in [3.8, 4) is 0 Å². The highest BCUT2D eigenvalue weighted by atomic mass is 16.5. The summed E-state index contributed by atoms with van der Waals surface area (Å²) >= 11 is 0. The number of nitrogens with zero attached hydrogens (tertiary/aromatic N) is 1. The van der Waals surface area contributed by atoms with Crippen LogP contribution in [0, 0.1) is 0 Å². The zero-order valence-corrected chi connectivity index (χ0v) is 9.81. The highest BCUT2D eigenvalue weighted by molar-refractivity contribution is 5.01. The fourth-order valence-corrected chi connectivity index (χ4v) is 3.26. The maximum absolute atomic E-state index is 5.49. The van der Waals surface area contributed by atoms with Gasteiger partial charge in [-0.2, -0.15) is 0 Å². The molecule has 0 aromatic carbocycles. The van der Waals surface area contributed by atoms with Gasteiger partial charge >= 0.3 is 0 Å². The number of ether oxygens (including phenoxy) is 1. The van der Waals surface area contributed by atoms with E-state index in [1.54, 1.807) is 0 Å². The number of rotatable bonds is 0. The second-order valence-corrected chi connectivity index (χ2v) is 5.76. The molecule has 14 heavy (non-hydrogen) atoms. The van der Waals surface area contributed by atoms with Gasteiger partial charge in [0, 0.05) is 24.3 Å². The van der Waals surface area contributed by atoms with Gasteiger partial charge in [0.1, 0.15) is 0 Å². The quantitative estimate of drug-likeness (QED) is 0.591. The highest BCUT2D eigenvalue weighted by Crippen LogP contribution is 2.41. The molecule has 0 aliphatic carbocycles. The van der Waals surface area contributed by atoms with E-state index >= 15 is 0 Å². The minimum atomic E-state index is 0.327. The molecule has 1 spiro atoms. The van der Waals surface area contributed by atoms with Crippen LogP contribution in [0.4, 0.5) is 0 Å². The number of hydrogen-bond acceptors (Lipinski definition) is 2. The normalized spacial score (nSPS) is 28.5. The molecule has 2 nitrogen and oxygen atoms in total. The molecule has 0 N–H and O–H groups in total. The van der Waals surface area contributed by atoms with Gasteiger partial charge in [-0.05, 0) is 53.0 Å². The van der Waals surface area contributed by atoms with Crippen LogP contribution in [-0.2, 0) is 4.74 Å². The minimum absolute atomic E-state index is 0.327. The molecular formula is C12H23NO. The van der Waals surface area contributed by atoms with Crippen LogP contribution in [0.3, 0.4) is 0 Å². The van der Waals surface area contributed by atoms with Crippen molar-refractivity contribution in [3.63, 3.8) is 0 Å². The molecule has 0 radical (unpaired) electrons. The summed E-state index contributed by atoms with van der Waals surface area (Å²) in [5.74, 6) is 0. The fraction of sp³-hybridized carbons (Fsp3) is 1.00.